The maximum absolute atomic E-state index is 5.66. The molecular weight excluding hydrogens is 136 g/mol. The first-order chi connectivity index (χ1) is 5.27. The quantitative estimate of drug-likeness (QED) is 0.484. The van der Waals surface area contributed by atoms with Gasteiger partial charge >= 0.3 is 0 Å². The smallest absolute Gasteiger partial charge is 0.0790 e. The van der Waals surface area contributed by atoms with Crippen LogP contribution in [0.2, 0.25) is 0 Å². The first kappa shape index (κ1) is 7.35. The molecule has 1 saturated heterocycles. The Kier molecular flexibility index (Phi) is 1.76. The predicted octanol–water partition coefficient (Wildman–Crippen LogP) is 2.38. The van der Waals surface area contributed by atoms with Gasteiger partial charge in [-0.05, 0) is 31.6 Å². The van der Waals surface area contributed by atoms with Crippen molar-refractivity contribution in [1.29, 1.82) is 0 Å². The molecule has 11 heavy (non-hydrogen) atoms. The van der Waals surface area contributed by atoms with Gasteiger partial charge in [-0.25, -0.2) is 0 Å². The summed E-state index contributed by atoms with van der Waals surface area (Å²) >= 11 is 0. The summed E-state index contributed by atoms with van der Waals surface area (Å²) in [7, 11) is 0. The van der Waals surface area contributed by atoms with Gasteiger partial charge in [-0.3, -0.25) is 0 Å². The van der Waals surface area contributed by atoms with Crippen LogP contribution < -0.4 is 0 Å². The standard InChI is InChI=1S/C10H16O/c1-7-3-4-9-8(2)6-11-10(9)5-7/h5,8-10H,3-4,6H2,1-2H3/t8-,9-,10+/m0/s1. The minimum Gasteiger partial charge on any atom is -0.374 e. The Morgan fingerprint density at radius 2 is 2.36 bits per heavy atom. The second-order valence-corrected chi connectivity index (χ2v) is 3.99. The normalized spacial score (nSPS) is 43.5. The van der Waals surface area contributed by atoms with Crippen LogP contribution in [0.15, 0.2) is 11.6 Å². The van der Waals surface area contributed by atoms with E-state index < -0.39 is 0 Å². The minimum atomic E-state index is 0.457. The summed E-state index contributed by atoms with van der Waals surface area (Å²) in [5.74, 6) is 1.60. The highest BCUT2D eigenvalue weighted by atomic mass is 16.5. The van der Waals surface area contributed by atoms with Crippen molar-refractivity contribution >= 4 is 0 Å². The SMILES string of the molecule is CC1=C[C@H]2OC[C@H](C)[C@@H]2CC1. The lowest BCUT2D eigenvalue weighted by atomic mass is 9.82. The summed E-state index contributed by atoms with van der Waals surface area (Å²) in [5.41, 5.74) is 1.51. The van der Waals surface area contributed by atoms with Gasteiger partial charge in [-0.1, -0.05) is 18.6 Å². The molecule has 0 bridgehead atoms. The lowest BCUT2D eigenvalue weighted by molar-refractivity contribution is 0.120. The molecule has 0 unspecified atom stereocenters. The fraction of sp³-hybridized carbons (Fsp3) is 0.800. The molecule has 0 spiro atoms. The minimum absolute atomic E-state index is 0.457. The van der Waals surface area contributed by atoms with Crippen LogP contribution in [-0.2, 0) is 4.74 Å². The molecule has 0 N–H and O–H groups in total. The van der Waals surface area contributed by atoms with E-state index in [2.05, 4.69) is 19.9 Å². The van der Waals surface area contributed by atoms with Crippen molar-refractivity contribution in [3.05, 3.63) is 11.6 Å². The van der Waals surface area contributed by atoms with Gasteiger partial charge < -0.3 is 4.74 Å². The third-order valence-electron chi connectivity index (χ3n) is 3.03. The predicted molar refractivity (Wildman–Crippen MR) is 45.4 cm³/mol. The van der Waals surface area contributed by atoms with E-state index in [-0.39, 0.29) is 0 Å². The van der Waals surface area contributed by atoms with E-state index in [9.17, 15) is 0 Å². The van der Waals surface area contributed by atoms with Gasteiger partial charge in [0.05, 0.1) is 12.7 Å². The number of rotatable bonds is 0. The molecule has 1 nitrogen and oxygen atoms in total. The van der Waals surface area contributed by atoms with Crippen LogP contribution in [-0.4, -0.2) is 12.7 Å². The van der Waals surface area contributed by atoms with E-state index in [1.165, 1.54) is 18.4 Å². The maximum Gasteiger partial charge on any atom is 0.0790 e. The van der Waals surface area contributed by atoms with Crippen molar-refractivity contribution in [1.82, 2.24) is 0 Å². The van der Waals surface area contributed by atoms with Crippen LogP contribution in [0.3, 0.4) is 0 Å². The second kappa shape index (κ2) is 2.63. The zero-order chi connectivity index (χ0) is 7.84. The van der Waals surface area contributed by atoms with E-state index in [0.29, 0.717) is 6.10 Å². The van der Waals surface area contributed by atoms with Crippen LogP contribution in [0.1, 0.15) is 26.7 Å². The lowest BCUT2D eigenvalue weighted by Crippen LogP contribution is -2.20. The van der Waals surface area contributed by atoms with Gasteiger partial charge in [0.2, 0.25) is 0 Å². The second-order valence-electron chi connectivity index (χ2n) is 3.99. The average molecular weight is 152 g/mol. The Balaban J connectivity index is 2.14. The molecule has 1 heteroatoms. The Labute approximate surface area is 68.4 Å². The average Bonchev–Trinajstić information content (AvgIpc) is 2.32. The van der Waals surface area contributed by atoms with Gasteiger partial charge in [0.15, 0.2) is 0 Å². The van der Waals surface area contributed by atoms with Crippen LogP contribution in [0.4, 0.5) is 0 Å². The van der Waals surface area contributed by atoms with E-state index in [4.69, 9.17) is 4.74 Å². The summed E-state index contributed by atoms with van der Waals surface area (Å²) in [6.07, 6.45) is 5.40. The van der Waals surface area contributed by atoms with Gasteiger partial charge in [0.25, 0.3) is 0 Å². The first-order valence-corrected chi connectivity index (χ1v) is 4.56. The molecule has 2 aliphatic rings. The van der Waals surface area contributed by atoms with Crippen molar-refractivity contribution in [2.75, 3.05) is 6.61 Å². The summed E-state index contributed by atoms with van der Waals surface area (Å²) in [6, 6.07) is 0. The molecule has 0 aromatic carbocycles. The van der Waals surface area contributed by atoms with Gasteiger partial charge in [-0.15, -0.1) is 0 Å². The Hall–Kier alpha value is -0.300. The lowest BCUT2D eigenvalue weighted by Gasteiger charge is -2.23. The van der Waals surface area contributed by atoms with Crippen LogP contribution >= 0.6 is 0 Å². The molecule has 1 heterocycles. The number of fused-ring (bicyclic) bond motifs is 1. The molecule has 1 fully saturated rings. The molecular formula is C10H16O. The van der Waals surface area contributed by atoms with Crippen molar-refractivity contribution < 1.29 is 4.74 Å². The van der Waals surface area contributed by atoms with E-state index in [0.717, 1.165) is 18.4 Å². The van der Waals surface area contributed by atoms with Crippen molar-refractivity contribution in [2.24, 2.45) is 11.8 Å². The summed E-state index contributed by atoms with van der Waals surface area (Å²) in [5, 5.41) is 0. The molecule has 3 atom stereocenters. The number of hydrogen-bond donors (Lipinski definition) is 0. The third kappa shape index (κ3) is 1.22. The van der Waals surface area contributed by atoms with Gasteiger partial charge in [-0.2, -0.15) is 0 Å². The number of ether oxygens (including phenoxy) is 1. The van der Waals surface area contributed by atoms with E-state index in [1.54, 1.807) is 0 Å². The van der Waals surface area contributed by atoms with Gasteiger partial charge in [0, 0.05) is 0 Å². The van der Waals surface area contributed by atoms with E-state index >= 15 is 0 Å². The molecule has 0 aromatic heterocycles. The van der Waals surface area contributed by atoms with Crippen LogP contribution in [0.25, 0.3) is 0 Å². The molecule has 62 valence electrons. The van der Waals surface area contributed by atoms with Crippen molar-refractivity contribution in [3.8, 4) is 0 Å². The van der Waals surface area contributed by atoms with Crippen LogP contribution in [0.5, 0.6) is 0 Å². The molecule has 0 radical (unpaired) electrons. The summed E-state index contributed by atoms with van der Waals surface area (Å²) in [6.45, 7) is 5.49. The zero-order valence-corrected chi connectivity index (χ0v) is 7.34. The Bertz CT molecular complexity index is 183. The zero-order valence-electron chi connectivity index (χ0n) is 7.34. The fourth-order valence-electron chi connectivity index (χ4n) is 2.21. The Morgan fingerprint density at radius 1 is 1.55 bits per heavy atom. The highest BCUT2D eigenvalue weighted by Gasteiger charge is 2.34. The summed E-state index contributed by atoms with van der Waals surface area (Å²) < 4.78 is 5.66. The molecule has 0 aromatic rings. The molecule has 0 amide bonds. The number of allylic oxidation sites excluding steroid dienone is 1. The van der Waals surface area contributed by atoms with Crippen molar-refractivity contribution in [3.63, 3.8) is 0 Å². The highest BCUT2D eigenvalue weighted by Crippen LogP contribution is 2.36. The van der Waals surface area contributed by atoms with Crippen LogP contribution in [0, 0.1) is 11.8 Å². The number of hydrogen-bond acceptors (Lipinski definition) is 1. The molecule has 1 aliphatic heterocycles. The maximum atomic E-state index is 5.66. The molecule has 1 aliphatic carbocycles. The topological polar surface area (TPSA) is 9.23 Å². The molecule has 2 rings (SSSR count). The van der Waals surface area contributed by atoms with Crippen molar-refractivity contribution in [2.45, 2.75) is 32.8 Å². The van der Waals surface area contributed by atoms with E-state index in [1.807, 2.05) is 0 Å². The molecule has 0 saturated carbocycles. The largest absolute Gasteiger partial charge is 0.374 e. The first-order valence-electron chi connectivity index (χ1n) is 4.56. The monoisotopic (exact) mass is 152 g/mol. The Morgan fingerprint density at radius 3 is 3.18 bits per heavy atom. The highest BCUT2D eigenvalue weighted by molar-refractivity contribution is 5.10. The van der Waals surface area contributed by atoms with Gasteiger partial charge in [0.1, 0.15) is 0 Å². The summed E-state index contributed by atoms with van der Waals surface area (Å²) in [4.78, 5) is 0. The fourth-order valence-corrected chi connectivity index (χ4v) is 2.21. The third-order valence-corrected chi connectivity index (χ3v) is 3.03.